The molecule has 1 aliphatic heterocycles. The summed E-state index contributed by atoms with van der Waals surface area (Å²) in [4.78, 5) is 35.6. The summed E-state index contributed by atoms with van der Waals surface area (Å²) < 4.78 is 12.3. The molecule has 0 unspecified atom stereocenters. The SMILES string of the molecule is Nc1nc2sc(-c3noc(C=O)n3)cc2n(-c2ccc3c(c2)N(c2ccccc2)CCO3)c1=O. The van der Waals surface area contributed by atoms with Gasteiger partial charge in [0.1, 0.15) is 17.2 Å². The molecule has 11 heteroatoms. The van der Waals surface area contributed by atoms with Gasteiger partial charge in [0.2, 0.25) is 12.1 Å². The van der Waals surface area contributed by atoms with Crippen LogP contribution in [0.15, 0.2) is 63.9 Å². The zero-order chi connectivity index (χ0) is 23.2. The maximum atomic E-state index is 13.1. The van der Waals surface area contributed by atoms with Gasteiger partial charge in [-0.05, 0) is 36.4 Å². The monoisotopic (exact) mass is 472 g/mol. The molecule has 0 atom stereocenters. The van der Waals surface area contributed by atoms with Crippen LogP contribution in [0.5, 0.6) is 5.75 Å². The maximum absolute atomic E-state index is 13.1. The molecule has 0 saturated carbocycles. The molecule has 0 radical (unpaired) electrons. The van der Waals surface area contributed by atoms with Crippen LogP contribution in [0.2, 0.25) is 0 Å². The number of carbonyl (C=O) groups excluding carboxylic acids is 1. The number of aldehydes is 1. The first kappa shape index (κ1) is 20.1. The van der Waals surface area contributed by atoms with Crippen LogP contribution < -0.4 is 20.9 Å². The van der Waals surface area contributed by atoms with E-state index in [1.807, 2.05) is 48.5 Å². The van der Waals surface area contributed by atoms with E-state index in [9.17, 15) is 9.59 Å². The second-order valence-electron chi connectivity index (χ2n) is 7.50. The number of aromatic nitrogens is 4. The minimum Gasteiger partial charge on any atom is -0.490 e. The number of nitrogens with zero attached hydrogens (tertiary/aromatic N) is 5. The first-order chi connectivity index (χ1) is 16.6. The van der Waals surface area contributed by atoms with E-state index in [0.29, 0.717) is 40.3 Å². The van der Waals surface area contributed by atoms with Crippen LogP contribution in [0, 0.1) is 0 Å². The number of nitrogens with two attached hydrogens (primary N) is 1. The lowest BCUT2D eigenvalue weighted by atomic mass is 10.1. The van der Waals surface area contributed by atoms with Crippen molar-refractivity contribution in [3.05, 3.63) is 70.8 Å². The van der Waals surface area contributed by atoms with E-state index >= 15 is 0 Å². The summed E-state index contributed by atoms with van der Waals surface area (Å²) in [5.74, 6) is 0.700. The zero-order valence-electron chi connectivity index (χ0n) is 17.5. The maximum Gasteiger partial charge on any atom is 0.298 e. The highest BCUT2D eigenvalue weighted by molar-refractivity contribution is 7.21. The van der Waals surface area contributed by atoms with Crippen LogP contribution in [-0.4, -0.2) is 39.1 Å². The number of fused-ring (bicyclic) bond motifs is 2. The molecule has 4 heterocycles. The smallest absolute Gasteiger partial charge is 0.298 e. The van der Waals surface area contributed by atoms with Gasteiger partial charge in [0.25, 0.3) is 11.4 Å². The molecule has 10 nitrogen and oxygen atoms in total. The Balaban J connectivity index is 1.53. The van der Waals surface area contributed by atoms with Crippen LogP contribution in [0.4, 0.5) is 17.2 Å². The van der Waals surface area contributed by atoms with E-state index in [1.165, 1.54) is 15.9 Å². The summed E-state index contributed by atoms with van der Waals surface area (Å²) >= 11 is 1.25. The molecule has 2 N–H and O–H groups in total. The molecule has 6 rings (SSSR count). The molecule has 2 aromatic carbocycles. The molecule has 0 bridgehead atoms. The Morgan fingerprint density at radius 2 is 1.91 bits per heavy atom. The quantitative estimate of drug-likeness (QED) is 0.391. The first-order valence-electron chi connectivity index (χ1n) is 10.3. The number of hydrogen-bond donors (Lipinski definition) is 1. The second kappa shape index (κ2) is 7.81. The number of carbonyl (C=O) groups is 1. The largest absolute Gasteiger partial charge is 0.490 e. The summed E-state index contributed by atoms with van der Waals surface area (Å²) in [6, 6.07) is 17.3. The van der Waals surface area contributed by atoms with Crippen LogP contribution >= 0.6 is 11.3 Å². The third-order valence-electron chi connectivity index (χ3n) is 5.47. The van der Waals surface area contributed by atoms with Gasteiger partial charge in [0.05, 0.1) is 28.3 Å². The van der Waals surface area contributed by atoms with Gasteiger partial charge < -0.3 is 19.9 Å². The number of ether oxygens (including phenoxy) is 1. The van der Waals surface area contributed by atoms with Gasteiger partial charge in [0.15, 0.2) is 5.82 Å². The Labute approximate surface area is 195 Å². The van der Waals surface area contributed by atoms with Crippen molar-refractivity contribution < 1.29 is 14.1 Å². The van der Waals surface area contributed by atoms with Crippen LogP contribution in [0.3, 0.4) is 0 Å². The van der Waals surface area contributed by atoms with E-state index in [2.05, 4.69) is 20.0 Å². The standard InChI is InChI=1S/C23H16N6O4S/c24-20-23(31)29(16-11-18(34-22(16)26-20)21-25-19(12-30)33-27-21)14-6-7-17-15(10-14)28(8-9-32-17)13-4-2-1-3-5-13/h1-7,10-12H,8-9H2,(H2,24,26). The Bertz CT molecular complexity index is 1610. The molecule has 0 fully saturated rings. The molecule has 1 aliphatic rings. The van der Waals surface area contributed by atoms with Crippen molar-refractivity contribution in [3.63, 3.8) is 0 Å². The van der Waals surface area contributed by atoms with Crippen molar-refractivity contribution in [1.29, 1.82) is 0 Å². The zero-order valence-corrected chi connectivity index (χ0v) is 18.4. The summed E-state index contributed by atoms with van der Waals surface area (Å²) in [6.45, 7) is 1.22. The second-order valence-corrected chi connectivity index (χ2v) is 8.53. The molecular weight excluding hydrogens is 456 g/mol. The minimum absolute atomic E-state index is 0.128. The fourth-order valence-corrected chi connectivity index (χ4v) is 4.92. The fraction of sp³-hybridized carbons (Fsp3) is 0.0870. The van der Waals surface area contributed by atoms with Crippen molar-refractivity contribution in [2.24, 2.45) is 0 Å². The number of anilines is 3. The molecule has 5 aromatic rings. The Morgan fingerprint density at radius 1 is 1.06 bits per heavy atom. The number of rotatable bonds is 4. The predicted molar refractivity (Wildman–Crippen MR) is 127 cm³/mol. The third-order valence-corrected chi connectivity index (χ3v) is 6.49. The van der Waals surface area contributed by atoms with Crippen molar-refractivity contribution >= 4 is 45.2 Å². The molecule has 0 aliphatic carbocycles. The van der Waals surface area contributed by atoms with Crippen molar-refractivity contribution in [2.75, 3.05) is 23.8 Å². The van der Waals surface area contributed by atoms with Gasteiger partial charge in [0, 0.05) is 5.69 Å². The Hall–Kier alpha value is -4.51. The summed E-state index contributed by atoms with van der Waals surface area (Å²) in [7, 11) is 0. The van der Waals surface area contributed by atoms with E-state index < -0.39 is 5.56 Å². The highest BCUT2D eigenvalue weighted by Crippen LogP contribution is 2.39. The van der Waals surface area contributed by atoms with Crippen molar-refractivity contribution in [2.45, 2.75) is 0 Å². The molecule has 0 amide bonds. The molecule has 168 valence electrons. The third kappa shape index (κ3) is 3.21. The summed E-state index contributed by atoms with van der Waals surface area (Å²) in [5.41, 5.74) is 8.56. The normalized spacial score (nSPS) is 13.0. The molecule has 0 saturated heterocycles. The lowest BCUT2D eigenvalue weighted by molar-refractivity contribution is 0.108. The van der Waals surface area contributed by atoms with E-state index in [4.69, 9.17) is 15.0 Å². The van der Waals surface area contributed by atoms with Gasteiger partial charge in [-0.25, -0.2) is 4.98 Å². The highest BCUT2D eigenvalue weighted by atomic mass is 32.1. The van der Waals surface area contributed by atoms with Gasteiger partial charge in [-0.1, -0.05) is 23.4 Å². The average Bonchev–Trinajstić information content (AvgIpc) is 3.52. The summed E-state index contributed by atoms with van der Waals surface area (Å²) in [6.07, 6.45) is 0.476. The van der Waals surface area contributed by atoms with E-state index in [1.54, 1.807) is 6.07 Å². The number of hydrogen-bond acceptors (Lipinski definition) is 10. The molecule has 0 spiro atoms. The van der Waals surface area contributed by atoms with E-state index in [0.717, 1.165) is 17.1 Å². The Morgan fingerprint density at radius 3 is 2.71 bits per heavy atom. The predicted octanol–water partition coefficient (Wildman–Crippen LogP) is 3.42. The van der Waals surface area contributed by atoms with Gasteiger partial charge >= 0.3 is 0 Å². The molecule has 3 aromatic heterocycles. The van der Waals surface area contributed by atoms with Crippen LogP contribution in [0.25, 0.3) is 26.7 Å². The fourth-order valence-electron chi connectivity index (χ4n) is 3.96. The van der Waals surface area contributed by atoms with Crippen LogP contribution in [-0.2, 0) is 0 Å². The Kier molecular flexibility index (Phi) is 4.62. The number of para-hydroxylation sites is 1. The lowest BCUT2D eigenvalue weighted by Gasteiger charge is -2.31. The topological polar surface area (TPSA) is 129 Å². The first-order valence-corrected chi connectivity index (χ1v) is 11.1. The van der Waals surface area contributed by atoms with Crippen molar-refractivity contribution in [3.8, 4) is 22.1 Å². The number of benzene rings is 2. The van der Waals surface area contributed by atoms with Gasteiger partial charge in [-0.15, -0.1) is 11.3 Å². The number of nitrogen functional groups attached to an aromatic ring is 1. The minimum atomic E-state index is -0.443. The summed E-state index contributed by atoms with van der Waals surface area (Å²) in [5, 5.41) is 3.82. The van der Waals surface area contributed by atoms with Gasteiger partial charge in [-0.2, -0.15) is 4.98 Å². The molecular formula is C23H16N6O4S. The lowest BCUT2D eigenvalue weighted by Crippen LogP contribution is -2.29. The highest BCUT2D eigenvalue weighted by Gasteiger charge is 2.22. The van der Waals surface area contributed by atoms with Gasteiger partial charge in [-0.3, -0.25) is 14.2 Å². The van der Waals surface area contributed by atoms with E-state index in [-0.39, 0.29) is 17.5 Å². The van der Waals surface area contributed by atoms with Crippen LogP contribution in [0.1, 0.15) is 10.7 Å². The number of thiophene rings is 1. The van der Waals surface area contributed by atoms with Crippen molar-refractivity contribution in [1.82, 2.24) is 19.7 Å². The molecule has 34 heavy (non-hydrogen) atoms. The average molecular weight is 472 g/mol.